The van der Waals surface area contributed by atoms with E-state index in [0.29, 0.717) is 13.2 Å². The highest BCUT2D eigenvalue weighted by Gasteiger charge is 2.59. The second kappa shape index (κ2) is 16.9. The van der Waals surface area contributed by atoms with Crippen molar-refractivity contribution in [3.63, 3.8) is 0 Å². The molecule has 0 amide bonds. The van der Waals surface area contributed by atoms with Crippen LogP contribution in [-0.2, 0) is 29.7 Å². The van der Waals surface area contributed by atoms with Crippen LogP contribution < -0.4 is 15.1 Å². The number of hydrogen-bond acceptors (Lipinski definition) is 6. The van der Waals surface area contributed by atoms with Crippen LogP contribution in [0.5, 0.6) is 5.75 Å². The van der Waals surface area contributed by atoms with E-state index in [4.69, 9.17) is 27.8 Å². The Morgan fingerprint density at radius 3 is 1.94 bits per heavy atom. The highest BCUT2D eigenvalue weighted by atomic mass is 28.4. The van der Waals surface area contributed by atoms with Crippen LogP contribution in [0, 0.1) is 0 Å². The summed E-state index contributed by atoms with van der Waals surface area (Å²) in [5.74, 6) is 0.836. The smallest absolute Gasteiger partial charge is 0.261 e. The molecule has 3 aromatic carbocycles. The third-order valence-electron chi connectivity index (χ3n) is 12.4. The van der Waals surface area contributed by atoms with Gasteiger partial charge in [0.15, 0.2) is 8.32 Å². The molecule has 2 aliphatic heterocycles. The molecule has 0 radical (unpaired) electrons. The molecule has 296 valence electrons. The van der Waals surface area contributed by atoms with Gasteiger partial charge in [-0.2, -0.15) is 0 Å². The lowest BCUT2D eigenvalue weighted by molar-refractivity contribution is -0.321. The van der Waals surface area contributed by atoms with Crippen molar-refractivity contribution in [3.8, 4) is 5.75 Å². The average Bonchev–Trinajstić information content (AvgIpc) is 3.11. The monoisotopic (exact) mass is 772 g/mol. The van der Waals surface area contributed by atoms with E-state index in [1.54, 1.807) is 7.11 Å². The van der Waals surface area contributed by atoms with Gasteiger partial charge in [0, 0.05) is 12.8 Å². The summed E-state index contributed by atoms with van der Waals surface area (Å²) >= 11 is 0. The Labute approximate surface area is 329 Å². The summed E-state index contributed by atoms with van der Waals surface area (Å²) in [5, 5.41) is 2.40. The van der Waals surface area contributed by atoms with Crippen molar-refractivity contribution in [2.24, 2.45) is 0 Å². The van der Waals surface area contributed by atoms with Crippen LogP contribution in [0.15, 0.2) is 97.1 Å². The number of hydrogen-bond donors (Lipinski definition) is 0. The van der Waals surface area contributed by atoms with Gasteiger partial charge < -0.3 is 27.8 Å². The quantitative estimate of drug-likeness (QED) is 0.120. The zero-order chi connectivity index (χ0) is 39.4. The van der Waals surface area contributed by atoms with Gasteiger partial charge in [-0.15, -0.1) is 0 Å². The summed E-state index contributed by atoms with van der Waals surface area (Å²) < 4.78 is 41.9. The summed E-state index contributed by atoms with van der Waals surface area (Å²) in [6.45, 7) is 26.1. The van der Waals surface area contributed by atoms with Gasteiger partial charge in [-0.05, 0) is 84.9 Å². The van der Waals surface area contributed by atoms with Gasteiger partial charge in [-0.25, -0.2) is 0 Å². The summed E-state index contributed by atoms with van der Waals surface area (Å²) in [4.78, 5) is 0. The van der Waals surface area contributed by atoms with Crippen LogP contribution in [0.1, 0.15) is 93.6 Å². The molecule has 0 aliphatic carbocycles. The first-order chi connectivity index (χ1) is 25.4. The molecule has 0 spiro atoms. The fourth-order valence-electron chi connectivity index (χ4n) is 8.26. The second-order valence-electron chi connectivity index (χ2n) is 18.5. The highest BCUT2D eigenvalue weighted by molar-refractivity contribution is 6.99. The van der Waals surface area contributed by atoms with Gasteiger partial charge in [-0.3, -0.25) is 0 Å². The Morgan fingerprint density at radius 1 is 0.833 bits per heavy atom. The van der Waals surface area contributed by atoms with E-state index >= 15 is 0 Å². The maximum absolute atomic E-state index is 7.57. The third kappa shape index (κ3) is 9.17. The SMILES string of the molecule is C/C=C\CC[C@]1(C)O[C@]2(C)C[C@H](O[Si](C)(C)C(C)(C)C)[C@@H](CO[Si](c3ccccc3)(c3ccccc3)C(C)(C)C)O[C@H]2C[C@H]1OCc1ccc(OC)cc1. The van der Waals surface area contributed by atoms with Crippen LogP contribution in [0.25, 0.3) is 0 Å². The molecule has 2 fully saturated rings. The largest absolute Gasteiger partial charge is 0.497 e. The molecule has 0 saturated carbocycles. The second-order valence-corrected chi connectivity index (χ2v) is 27.5. The maximum Gasteiger partial charge on any atom is 0.261 e. The predicted molar refractivity (Wildman–Crippen MR) is 227 cm³/mol. The van der Waals surface area contributed by atoms with E-state index in [9.17, 15) is 0 Å². The summed E-state index contributed by atoms with van der Waals surface area (Å²) in [6.07, 6.45) is 6.72. The zero-order valence-corrected chi connectivity index (χ0v) is 37.2. The minimum Gasteiger partial charge on any atom is -0.497 e. The molecular weight excluding hydrogens is 705 g/mol. The van der Waals surface area contributed by atoms with Gasteiger partial charge in [0.1, 0.15) is 11.9 Å². The lowest BCUT2D eigenvalue weighted by Crippen LogP contribution is -2.70. The van der Waals surface area contributed by atoms with E-state index in [2.05, 4.69) is 160 Å². The molecule has 54 heavy (non-hydrogen) atoms. The normalized spacial score (nSPS) is 26.8. The fraction of sp³-hybridized carbons (Fsp3) is 0.565. The zero-order valence-electron chi connectivity index (χ0n) is 35.2. The first-order valence-electron chi connectivity index (χ1n) is 20.0. The predicted octanol–water partition coefficient (Wildman–Crippen LogP) is 10.00. The molecule has 8 heteroatoms. The Morgan fingerprint density at radius 2 is 1.43 bits per heavy atom. The lowest BCUT2D eigenvalue weighted by Gasteiger charge is -2.58. The van der Waals surface area contributed by atoms with Crippen molar-refractivity contribution in [3.05, 3.63) is 103 Å². The van der Waals surface area contributed by atoms with Gasteiger partial charge >= 0.3 is 0 Å². The third-order valence-corrected chi connectivity index (χ3v) is 21.9. The van der Waals surface area contributed by atoms with Crippen LogP contribution in [0.3, 0.4) is 0 Å². The van der Waals surface area contributed by atoms with Gasteiger partial charge in [-0.1, -0.05) is 126 Å². The molecule has 5 rings (SSSR count). The van der Waals surface area contributed by atoms with Crippen molar-refractivity contribution in [1.29, 1.82) is 0 Å². The molecule has 2 aliphatic rings. The van der Waals surface area contributed by atoms with Crippen LogP contribution >= 0.6 is 0 Å². The first kappa shape index (κ1) is 42.6. The molecule has 2 heterocycles. The van der Waals surface area contributed by atoms with E-state index in [1.807, 2.05) is 12.1 Å². The topological polar surface area (TPSA) is 55.4 Å². The first-order valence-corrected chi connectivity index (χ1v) is 24.8. The van der Waals surface area contributed by atoms with E-state index < -0.39 is 27.8 Å². The average molecular weight is 773 g/mol. The summed E-state index contributed by atoms with van der Waals surface area (Å²) in [6, 6.07) is 29.9. The highest BCUT2D eigenvalue weighted by Crippen LogP contribution is 2.49. The van der Waals surface area contributed by atoms with Crippen LogP contribution in [0.4, 0.5) is 0 Å². The molecule has 3 aromatic rings. The Hall–Kier alpha value is -2.57. The molecule has 6 atom stereocenters. The number of allylic oxidation sites excluding steroid dienone is 2. The van der Waals surface area contributed by atoms with Crippen molar-refractivity contribution in [2.45, 2.75) is 153 Å². The molecular formula is C46H68O6Si2. The minimum absolute atomic E-state index is 0.0307. The Kier molecular flexibility index (Phi) is 13.3. The van der Waals surface area contributed by atoms with E-state index in [0.717, 1.165) is 37.0 Å². The number of rotatable bonds is 14. The number of ether oxygens (including phenoxy) is 4. The number of methoxy groups -OCH3 is 1. The molecule has 2 saturated heterocycles. The van der Waals surface area contributed by atoms with Crippen molar-refractivity contribution in [1.82, 2.24) is 0 Å². The van der Waals surface area contributed by atoms with E-state index in [-0.39, 0.29) is 34.5 Å². The Bertz CT molecular complexity index is 1610. The van der Waals surface area contributed by atoms with E-state index in [1.165, 1.54) is 10.4 Å². The number of fused-ring (bicyclic) bond motifs is 1. The Balaban J connectivity index is 1.51. The van der Waals surface area contributed by atoms with Crippen molar-refractivity contribution < 1.29 is 27.8 Å². The number of benzene rings is 3. The molecule has 0 N–H and O–H groups in total. The molecule has 0 bridgehead atoms. The molecule has 0 aromatic heterocycles. The summed E-state index contributed by atoms with van der Waals surface area (Å²) in [5.41, 5.74) is 0.0234. The lowest BCUT2D eigenvalue weighted by atomic mass is 9.76. The standard InChI is InChI=1S/C46H68O6Si2/c1-13-14-21-30-45(8)41(48-33-35-26-28-36(47-10)29-27-35)31-42-46(9,52-45)32-39(51-53(11,12)43(2,3)4)40(50-42)34-49-54(44(5,6)7,37-22-17-15-18-23-37)38-24-19-16-20-25-38/h13-20,22-29,39-42H,21,30-34H2,1-12H3/b14-13-/t39-,40+,41+,42-,45-,46+/m0/s1. The van der Waals surface area contributed by atoms with Crippen molar-refractivity contribution in [2.75, 3.05) is 13.7 Å². The van der Waals surface area contributed by atoms with Gasteiger partial charge in [0.2, 0.25) is 0 Å². The fourth-order valence-corrected chi connectivity index (χ4v) is 14.2. The van der Waals surface area contributed by atoms with Crippen LogP contribution in [-0.4, -0.2) is 66.0 Å². The summed E-state index contributed by atoms with van der Waals surface area (Å²) in [7, 11) is -3.35. The minimum atomic E-state index is -2.83. The molecule has 6 nitrogen and oxygen atoms in total. The van der Waals surface area contributed by atoms with Gasteiger partial charge in [0.25, 0.3) is 8.32 Å². The van der Waals surface area contributed by atoms with Gasteiger partial charge in [0.05, 0.1) is 49.8 Å². The van der Waals surface area contributed by atoms with Crippen molar-refractivity contribution >= 4 is 27.0 Å². The maximum atomic E-state index is 7.57. The molecule has 0 unspecified atom stereocenters. The van der Waals surface area contributed by atoms with Crippen LogP contribution in [0.2, 0.25) is 23.2 Å².